The number of hydrogen-bond donors (Lipinski definition) is 0. The number of nitro benzene ring substituents is 1. The highest BCUT2D eigenvalue weighted by atomic mass is 32.2. The lowest BCUT2D eigenvalue weighted by molar-refractivity contribution is -0.384. The minimum atomic E-state index is -3.89. The van der Waals surface area contributed by atoms with Crippen molar-refractivity contribution in [3.05, 3.63) is 64.6 Å². The molecule has 3 aromatic rings. The van der Waals surface area contributed by atoms with Gasteiger partial charge in [-0.2, -0.15) is 9.40 Å². The molecule has 9 nitrogen and oxygen atoms in total. The third-order valence-electron chi connectivity index (χ3n) is 4.96. The van der Waals surface area contributed by atoms with Crippen molar-refractivity contribution in [3.63, 3.8) is 0 Å². The third-order valence-corrected chi connectivity index (χ3v) is 6.89. The Morgan fingerprint density at radius 2 is 1.83 bits per heavy atom. The van der Waals surface area contributed by atoms with Crippen molar-refractivity contribution in [1.82, 2.24) is 19.0 Å². The van der Waals surface area contributed by atoms with E-state index in [2.05, 4.69) is 5.10 Å². The highest BCUT2D eigenvalue weighted by Gasteiger charge is 2.30. The van der Waals surface area contributed by atoms with Gasteiger partial charge in [0.2, 0.25) is 10.0 Å². The lowest BCUT2D eigenvalue weighted by Crippen LogP contribution is -2.49. The molecule has 29 heavy (non-hydrogen) atoms. The van der Waals surface area contributed by atoms with E-state index in [1.54, 1.807) is 16.9 Å². The molecule has 1 aromatic heterocycles. The summed E-state index contributed by atoms with van der Waals surface area (Å²) in [6, 6.07) is 9.89. The topological polar surface area (TPSA) is 102 Å². The van der Waals surface area contributed by atoms with Gasteiger partial charge in [0.15, 0.2) is 0 Å². The number of sulfonamides is 1. The number of halogens is 1. The largest absolute Gasteiger partial charge is 0.282 e. The summed E-state index contributed by atoms with van der Waals surface area (Å²) in [5, 5.41) is 16.1. The number of aromatic nitrogens is 2. The predicted molar refractivity (Wildman–Crippen MR) is 103 cm³/mol. The Bertz CT molecular complexity index is 1170. The smallest absolute Gasteiger partial charge is 0.271 e. The van der Waals surface area contributed by atoms with Crippen LogP contribution in [0.2, 0.25) is 0 Å². The van der Waals surface area contributed by atoms with Gasteiger partial charge in [-0.25, -0.2) is 12.8 Å². The number of rotatable bonds is 5. The quantitative estimate of drug-likeness (QED) is 0.463. The maximum absolute atomic E-state index is 13.9. The van der Waals surface area contributed by atoms with Crippen LogP contribution in [0.25, 0.3) is 10.9 Å². The van der Waals surface area contributed by atoms with Gasteiger partial charge in [0.1, 0.15) is 10.7 Å². The third kappa shape index (κ3) is 3.71. The summed E-state index contributed by atoms with van der Waals surface area (Å²) in [7, 11) is -3.89. The monoisotopic (exact) mass is 419 g/mol. The summed E-state index contributed by atoms with van der Waals surface area (Å²) < 4.78 is 42.2. The molecule has 4 rings (SSSR count). The Morgan fingerprint density at radius 3 is 2.52 bits per heavy atom. The number of non-ortho nitro benzene ring substituents is 1. The molecule has 11 heteroatoms. The van der Waals surface area contributed by atoms with Gasteiger partial charge in [0.25, 0.3) is 5.69 Å². The van der Waals surface area contributed by atoms with E-state index in [4.69, 9.17) is 0 Å². The van der Waals surface area contributed by atoms with Gasteiger partial charge in [0.05, 0.1) is 23.3 Å². The van der Waals surface area contributed by atoms with Crippen molar-refractivity contribution in [2.24, 2.45) is 0 Å². The molecule has 2 aromatic carbocycles. The van der Waals surface area contributed by atoms with Gasteiger partial charge in [-0.3, -0.25) is 19.7 Å². The molecule has 0 saturated carbocycles. The van der Waals surface area contributed by atoms with Crippen molar-refractivity contribution < 1.29 is 17.7 Å². The van der Waals surface area contributed by atoms with E-state index in [0.717, 1.165) is 11.5 Å². The minimum absolute atomic E-state index is 0.0138. The molecule has 0 aliphatic carbocycles. The molecule has 2 heterocycles. The molecular weight excluding hydrogens is 401 g/mol. The highest BCUT2D eigenvalue weighted by molar-refractivity contribution is 7.89. The van der Waals surface area contributed by atoms with E-state index in [-0.39, 0.29) is 23.7 Å². The number of nitrogens with zero attached hydrogens (tertiary/aromatic N) is 5. The summed E-state index contributed by atoms with van der Waals surface area (Å²) in [6.45, 7) is 1.68. The normalized spacial score (nSPS) is 16.3. The van der Waals surface area contributed by atoms with Gasteiger partial charge in [-0.15, -0.1) is 0 Å². The van der Waals surface area contributed by atoms with Gasteiger partial charge in [-0.1, -0.05) is 12.1 Å². The van der Waals surface area contributed by atoms with Crippen molar-refractivity contribution in [3.8, 4) is 0 Å². The second kappa shape index (κ2) is 7.50. The Balaban J connectivity index is 1.47. The first-order chi connectivity index (χ1) is 13.9. The van der Waals surface area contributed by atoms with Crippen molar-refractivity contribution in [2.75, 3.05) is 26.2 Å². The summed E-state index contributed by atoms with van der Waals surface area (Å²) in [4.78, 5) is 12.2. The predicted octanol–water partition coefficient (Wildman–Crippen LogP) is 2.05. The van der Waals surface area contributed by atoms with Gasteiger partial charge < -0.3 is 0 Å². The van der Waals surface area contributed by atoms with E-state index < -0.39 is 20.8 Å². The molecule has 0 radical (unpaired) electrons. The number of hydrogen-bond acceptors (Lipinski definition) is 6. The second-order valence-corrected chi connectivity index (χ2v) is 8.64. The molecule has 0 atom stereocenters. The first-order valence-corrected chi connectivity index (χ1v) is 10.4. The van der Waals surface area contributed by atoms with Crippen molar-refractivity contribution in [2.45, 2.75) is 11.6 Å². The van der Waals surface area contributed by atoms with Crippen LogP contribution in [-0.4, -0.2) is 58.5 Å². The Kier molecular flexibility index (Phi) is 5.03. The minimum Gasteiger partial charge on any atom is -0.282 e. The average Bonchev–Trinajstić information content (AvgIpc) is 3.10. The van der Waals surface area contributed by atoms with Gasteiger partial charge >= 0.3 is 0 Å². The van der Waals surface area contributed by atoms with Gasteiger partial charge in [0, 0.05) is 43.7 Å². The zero-order valence-corrected chi connectivity index (χ0v) is 16.1. The lowest BCUT2D eigenvalue weighted by Gasteiger charge is -2.33. The highest BCUT2D eigenvalue weighted by Crippen LogP contribution is 2.23. The van der Waals surface area contributed by atoms with Gasteiger partial charge in [-0.05, 0) is 18.2 Å². The first kappa shape index (κ1) is 19.4. The van der Waals surface area contributed by atoms with E-state index in [0.29, 0.717) is 25.3 Å². The summed E-state index contributed by atoms with van der Waals surface area (Å²) >= 11 is 0. The molecule has 1 fully saturated rings. The Labute approximate surface area is 166 Å². The molecule has 152 valence electrons. The zero-order valence-electron chi connectivity index (χ0n) is 15.3. The maximum atomic E-state index is 13.9. The molecule has 1 aliphatic rings. The van der Waals surface area contributed by atoms with Crippen LogP contribution in [-0.2, 0) is 16.7 Å². The number of nitro groups is 1. The van der Waals surface area contributed by atoms with Crippen molar-refractivity contribution >= 4 is 26.6 Å². The van der Waals surface area contributed by atoms with Crippen LogP contribution in [0.1, 0.15) is 0 Å². The summed E-state index contributed by atoms with van der Waals surface area (Å²) in [5.74, 6) is -0.764. The fourth-order valence-corrected chi connectivity index (χ4v) is 4.87. The van der Waals surface area contributed by atoms with Crippen LogP contribution in [0.3, 0.4) is 0 Å². The van der Waals surface area contributed by atoms with Crippen LogP contribution in [0.5, 0.6) is 0 Å². The molecule has 0 bridgehead atoms. The van der Waals surface area contributed by atoms with Crippen LogP contribution >= 0.6 is 0 Å². The van der Waals surface area contributed by atoms with Crippen LogP contribution in [0.15, 0.2) is 53.6 Å². The Morgan fingerprint density at radius 1 is 1.10 bits per heavy atom. The van der Waals surface area contributed by atoms with Crippen molar-refractivity contribution in [1.29, 1.82) is 0 Å². The maximum Gasteiger partial charge on any atom is 0.271 e. The SMILES string of the molecule is O=[N+]([O-])c1ccc2cnn(CN3CCN(S(=O)(=O)c4ccccc4F)CC3)c2c1. The van der Waals surface area contributed by atoms with E-state index >= 15 is 0 Å². The van der Waals surface area contributed by atoms with Crippen LogP contribution in [0.4, 0.5) is 10.1 Å². The van der Waals surface area contributed by atoms with E-state index in [1.165, 1.54) is 34.6 Å². The molecular formula is C18H18FN5O4S. The average molecular weight is 419 g/mol. The summed E-state index contributed by atoms with van der Waals surface area (Å²) in [5.41, 5.74) is 0.626. The number of fused-ring (bicyclic) bond motifs is 1. The Hall–Kier alpha value is -2.89. The molecule has 1 aliphatic heterocycles. The van der Waals surface area contributed by atoms with E-state index in [1.807, 2.05) is 4.90 Å². The lowest BCUT2D eigenvalue weighted by atomic mass is 10.2. The molecule has 0 amide bonds. The van der Waals surface area contributed by atoms with Crippen LogP contribution in [0, 0.1) is 15.9 Å². The fourth-order valence-electron chi connectivity index (χ4n) is 3.38. The molecule has 0 spiro atoms. The molecule has 0 unspecified atom stereocenters. The number of benzene rings is 2. The molecule has 0 N–H and O–H groups in total. The molecule has 1 saturated heterocycles. The number of piperazine rings is 1. The standard InChI is InChI=1S/C18H18FN5O4S/c19-16-3-1-2-4-18(16)29(27,28)22-9-7-21(8-10-22)13-23-17-11-15(24(25)26)6-5-14(17)12-20-23/h1-6,11-12H,7-10,13H2. The van der Waals surface area contributed by atoms with E-state index in [9.17, 15) is 22.9 Å². The summed E-state index contributed by atoms with van der Waals surface area (Å²) in [6.07, 6.45) is 1.64. The fraction of sp³-hybridized carbons (Fsp3) is 0.278. The second-order valence-electron chi connectivity index (χ2n) is 6.74. The van der Waals surface area contributed by atoms with Crippen LogP contribution < -0.4 is 0 Å². The zero-order chi connectivity index (χ0) is 20.6. The first-order valence-electron chi connectivity index (χ1n) is 8.93.